The van der Waals surface area contributed by atoms with Gasteiger partial charge in [0.25, 0.3) is 0 Å². The van der Waals surface area contributed by atoms with Gasteiger partial charge in [0.15, 0.2) is 0 Å². The molecule has 0 saturated carbocycles. The summed E-state index contributed by atoms with van der Waals surface area (Å²) in [5.41, 5.74) is 0. The summed E-state index contributed by atoms with van der Waals surface area (Å²) in [5.74, 6) is 1.28. The Morgan fingerprint density at radius 3 is 2.83 bits per heavy atom. The van der Waals surface area contributed by atoms with Gasteiger partial charge in [0.1, 0.15) is 0 Å². The predicted molar refractivity (Wildman–Crippen MR) is 70.4 cm³/mol. The molecule has 104 valence electrons. The minimum absolute atomic E-state index is 0.454. The number of hydrogen-bond acceptors (Lipinski definition) is 6. The molecule has 0 amide bonds. The van der Waals surface area contributed by atoms with Gasteiger partial charge in [-0.2, -0.15) is 0 Å². The minimum atomic E-state index is 0.454. The van der Waals surface area contributed by atoms with Gasteiger partial charge in [0.05, 0.1) is 13.2 Å². The molecule has 0 radical (unpaired) electrons. The fraction of sp³-hybridized carbons (Fsp3) is 0.833. The fourth-order valence-electron chi connectivity index (χ4n) is 1.28. The lowest BCUT2D eigenvalue weighted by Crippen LogP contribution is -2.12. The molecular weight excluding hydrogens is 232 g/mol. The maximum absolute atomic E-state index is 5.47. The van der Waals surface area contributed by atoms with Gasteiger partial charge in [-0.3, -0.25) is 0 Å². The van der Waals surface area contributed by atoms with Gasteiger partial charge in [0.2, 0.25) is 5.89 Å². The molecule has 6 nitrogen and oxygen atoms in total. The first-order valence-electron chi connectivity index (χ1n) is 6.57. The zero-order valence-electron chi connectivity index (χ0n) is 11.5. The van der Waals surface area contributed by atoms with E-state index >= 15 is 0 Å². The summed E-state index contributed by atoms with van der Waals surface area (Å²) in [6.45, 7) is 10.0. The van der Waals surface area contributed by atoms with Gasteiger partial charge in [-0.25, -0.2) is 0 Å². The highest BCUT2D eigenvalue weighted by Gasteiger charge is 2.04. The van der Waals surface area contributed by atoms with Crippen LogP contribution >= 0.6 is 0 Å². The highest BCUT2D eigenvalue weighted by molar-refractivity contribution is 5.16. The quantitative estimate of drug-likeness (QED) is 0.620. The van der Waals surface area contributed by atoms with E-state index in [1.165, 1.54) is 0 Å². The average molecular weight is 256 g/mol. The maximum atomic E-state index is 5.47. The third-order valence-corrected chi connectivity index (χ3v) is 2.36. The lowest BCUT2D eigenvalue weighted by Gasteiger charge is -2.06. The van der Waals surface area contributed by atoms with Crippen molar-refractivity contribution < 1.29 is 9.15 Å². The van der Waals surface area contributed by atoms with Crippen molar-refractivity contribution in [2.24, 2.45) is 5.92 Å². The Labute approximate surface area is 108 Å². The lowest BCUT2D eigenvalue weighted by atomic mass is 10.1. The molecule has 0 bridgehead atoms. The average Bonchev–Trinajstić information content (AvgIpc) is 2.78. The van der Waals surface area contributed by atoms with Crippen molar-refractivity contribution in [3.8, 4) is 0 Å². The van der Waals surface area contributed by atoms with E-state index in [2.05, 4.69) is 34.7 Å². The number of anilines is 1. The first kappa shape index (κ1) is 14.9. The van der Waals surface area contributed by atoms with Gasteiger partial charge < -0.3 is 19.8 Å². The largest absolute Gasteiger partial charge is 0.407 e. The highest BCUT2D eigenvalue weighted by atomic mass is 16.5. The van der Waals surface area contributed by atoms with E-state index in [4.69, 9.17) is 9.15 Å². The van der Waals surface area contributed by atoms with Gasteiger partial charge in [-0.1, -0.05) is 25.9 Å². The van der Waals surface area contributed by atoms with Crippen molar-refractivity contribution in [3.05, 3.63) is 5.89 Å². The molecule has 1 aromatic heterocycles. The Kier molecular flexibility index (Phi) is 7.36. The molecule has 0 saturated heterocycles. The third-order valence-electron chi connectivity index (χ3n) is 2.36. The Hall–Kier alpha value is -1.14. The highest BCUT2D eigenvalue weighted by Crippen LogP contribution is 2.04. The number of rotatable bonds is 10. The second-order valence-electron chi connectivity index (χ2n) is 4.50. The summed E-state index contributed by atoms with van der Waals surface area (Å²) in [5, 5.41) is 14.0. The molecule has 1 aromatic rings. The summed E-state index contributed by atoms with van der Waals surface area (Å²) in [7, 11) is 0. The second-order valence-corrected chi connectivity index (χ2v) is 4.50. The summed E-state index contributed by atoms with van der Waals surface area (Å²) in [6.07, 6.45) is 1.09. The molecule has 1 rings (SSSR count). The summed E-state index contributed by atoms with van der Waals surface area (Å²) < 4.78 is 10.9. The maximum Gasteiger partial charge on any atom is 0.315 e. The van der Waals surface area contributed by atoms with Crippen LogP contribution in [0.25, 0.3) is 0 Å². The van der Waals surface area contributed by atoms with Crippen LogP contribution in [0.5, 0.6) is 0 Å². The lowest BCUT2D eigenvalue weighted by molar-refractivity contribution is 0.132. The van der Waals surface area contributed by atoms with Crippen LogP contribution < -0.4 is 10.6 Å². The van der Waals surface area contributed by atoms with Crippen LogP contribution in [0.2, 0.25) is 0 Å². The van der Waals surface area contributed by atoms with Gasteiger partial charge in [-0.05, 0) is 18.9 Å². The third kappa shape index (κ3) is 6.56. The van der Waals surface area contributed by atoms with E-state index in [9.17, 15) is 0 Å². The topological polar surface area (TPSA) is 72.2 Å². The first-order valence-corrected chi connectivity index (χ1v) is 6.57. The molecule has 0 spiro atoms. The number of nitrogens with one attached hydrogen (secondary N) is 2. The van der Waals surface area contributed by atoms with E-state index in [-0.39, 0.29) is 0 Å². The number of aromatic nitrogens is 2. The molecule has 0 atom stereocenters. The van der Waals surface area contributed by atoms with Crippen molar-refractivity contribution in [2.45, 2.75) is 33.7 Å². The zero-order valence-corrected chi connectivity index (χ0v) is 11.5. The molecule has 0 aliphatic rings. The SMILES string of the molecule is CCNCc1nnc(NCCOCCC(C)C)o1. The van der Waals surface area contributed by atoms with E-state index < -0.39 is 0 Å². The molecule has 0 aliphatic heterocycles. The van der Waals surface area contributed by atoms with Crippen LogP contribution in [0.4, 0.5) is 6.01 Å². The van der Waals surface area contributed by atoms with Crippen molar-refractivity contribution >= 4 is 6.01 Å². The molecule has 6 heteroatoms. The molecule has 0 fully saturated rings. The number of nitrogens with zero attached hydrogens (tertiary/aromatic N) is 2. The molecule has 2 N–H and O–H groups in total. The van der Waals surface area contributed by atoms with Crippen molar-refractivity contribution in [1.82, 2.24) is 15.5 Å². The van der Waals surface area contributed by atoms with E-state index in [0.29, 0.717) is 37.5 Å². The molecule has 0 aliphatic carbocycles. The van der Waals surface area contributed by atoms with Crippen molar-refractivity contribution in [3.63, 3.8) is 0 Å². The zero-order chi connectivity index (χ0) is 13.2. The van der Waals surface area contributed by atoms with Gasteiger partial charge in [0, 0.05) is 13.2 Å². The Bertz CT molecular complexity index is 315. The van der Waals surface area contributed by atoms with Crippen LogP contribution in [-0.4, -0.2) is 36.5 Å². The smallest absolute Gasteiger partial charge is 0.315 e. The molecular formula is C12H24N4O2. The molecule has 0 aromatic carbocycles. The normalized spacial score (nSPS) is 11.1. The summed E-state index contributed by atoms with van der Waals surface area (Å²) >= 11 is 0. The molecule has 1 heterocycles. The van der Waals surface area contributed by atoms with E-state index in [0.717, 1.165) is 19.6 Å². The summed E-state index contributed by atoms with van der Waals surface area (Å²) in [4.78, 5) is 0. The fourth-order valence-corrected chi connectivity index (χ4v) is 1.28. The Morgan fingerprint density at radius 1 is 1.28 bits per heavy atom. The van der Waals surface area contributed by atoms with Crippen molar-refractivity contribution in [2.75, 3.05) is 31.6 Å². The van der Waals surface area contributed by atoms with E-state index in [1.54, 1.807) is 0 Å². The van der Waals surface area contributed by atoms with Crippen molar-refractivity contribution in [1.29, 1.82) is 0 Å². The first-order chi connectivity index (χ1) is 8.72. The second kappa shape index (κ2) is 8.88. The van der Waals surface area contributed by atoms with Crippen LogP contribution in [0, 0.1) is 5.92 Å². The van der Waals surface area contributed by atoms with Gasteiger partial charge in [-0.15, -0.1) is 5.10 Å². The van der Waals surface area contributed by atoms with E-state index in [1.807, 2.05) is 6.92 Å². The molecule has 18 heavy (non-hydrogen) atoms. The predicted octanol–water partition coefficient (Wildman–Crippen LogP) is 1.65. The number of ether oxygens (including phenoxy) is 1. The van der Waals surface area contributed by atoms with Crippen LogP contribution in [-0.2, 0) is 11.3 Å². The minimum Gasteiger partial charge on any atom is -0.407 e. The standard InChI is InChI=1S/C12H24N4O2/c1-4-13-9-11-15-16-12(18-11)14-6-8-17-7-5-10(2)3/h10,13H,4-9H2,1-3H3,(H,14,16). The monoisotopic (exact) mass is 256 g/mol. The Morgan fingerprint density at radius 2 is 2.11 bits per heavy atom. The van der Waals surface area contributed by atoms with Crippen LogP contribution in [0.1, 0.15) is 33.1 Å². The number of hydrogen-bond donors (Lipinski definition) is 2. The Balaban J connectivity index is 2.06. The summed E-state index contributed by atoms with van der Waals surface area (Å²) in [6, 6.07) is 0.454. The molecule has 0 unspecified atom stereocenters. The van der Waals surface area contributed by atoms with Crippen LogP contribution in [0.15, 0.2) is 4.42 Å². The van der Waals surface area contributed by atoms with Gasteiger partial charge >= 0.3 is 6.01 Å². The van der Waals surface area contributed by atoms with Crippen LogP contribution in [0.3, 0.4) is 0 Å².